The molecule has 1 aliphatic rings. The standard InChI is InChI=1S/C11H15BrOS/c12-11-6-5-10(14-11)7-8-1-3-9(13)4-2-8/h5-6,8-9,13H,1-4,7H2. The van der Waals surface area contributed by atoms with Crippen LogP contribution in [0.15, 0.2) is 15.9 Å². The van der Waals surface area contributed by atoms with Gasteiger partial charge in [-0.3, -0.25) is 0 Å². The number of rotatable bonds is 2. The number of hydrogen-bond donors (Lipinski definition) is 1. The Labute approximate surface area is 97.3 Å². The van der Waals surface area contributed by atoms with Crippen molar-refractivity contribution in [2.45, 2.75) is 38.2 Å². The number of aliphatic hydroxyl groups excluding tert-OH is 1. The molecule has 1 aliphatic carbocycles. The Balaban J connectivity index is 1.86. The van der Waals surface area contributed by atoms with Gasteiger partial charge in [0.1, 0.15) is 0 Å². The van der Waals surface area contributed by atoms with Crippen LogP contribution in [0.3, 0.4) is 0 Å². The molecule has 78 valence electrons. The molecule has 0 unspecified atom stereocenters. The highest BCUT2D eigenvalue weighted by molar-refractivity contribution is 9.11. The zero-order valence-corrected chi connectivity index (χ0v) is 10.5. The zero-order valence-electron chi connectivity index (χ0n) is 8.08. The summed E-state index contributed by atoms with van der Waals surface area (Å²) in [6.07, 6.45) is 5.55. The van der Waals surface area contributed by atoms with Crippen molar-refractivity contribution in [3.63, 3.8) is 0 Å². The van der Waals surface area contributed by atoms with E-state index in [0.29, 0.717) is 0 Å². The highest BCUT2D eigenvalue weighted by atomic mass is 79.9. The summed E-state index contributed by atoms with van der Waals surface area (Å²) in [5, 5.41) is 9.39. The molecule has 1 heterocycles. The SMILES string of the molecule is OC1CCC(Cc2ccc(Br)s2)CC1. The van der Waals surface area contributed by atoms with Gasteiger partial charge in [-0.1, -0.05) is 0 Å². The Morgan fingerprint density at radius 2 is 2.00 bits per heavy atom. The Bertz CT molecular complexity index is 289. The van der Waals surface area contributed by atoms with Crippen LogP contribution in [0.5, 0.6) is 0 Å². The molecule has 0 saturated heterocycles. The minimum absolute atomic E-state index is 0.0266. The molecule has 0 bridgehead atoms. The number of hydrogen-bond acceptors (Lipinski definition) is 2. The third-order valence-corrected chi connectivity index (χ3v) is 4.58. The summed E-state index contributed by atoms with van der Waals surface area (Å²) in [6, 6.07) is 4.33. The zero-order chi connectivity index (χ0) is 9.97. The molecule has 1 N–H and O–H groups in total. The fourth-order valence-electron chi connectivity index (χ4n) is 2.09. The van der Waals surface area contributed by atoms with Gasteiger partial charge in [0.15, 0.2) is 0 Å². The Kier molecular flexibility index (Phi) is 3.63. The van der Waals surface area contributed by atoms with Gasteiger partial charge < -0.3 is 5.11 Å². The van der Waals surface area contributed by atoms with Crippen LogP contribution in [0.4, 0.5) is 0 Å². The number of aliphatic hydroxyl groups is 1. The van der Waals surface area contributed by atoms with E-state index in [4.69, 9.17) is 0 Å². The van der Waals surface area contributed by atoms with Gasteiger partial charge in [0.2, 0.25) is 0 Å². The summed E-state index contributed by atoms with van der Waals surface area (Å²) in [5.41, 5.74) is 0. The lowest BCUT2D eigenvalue weighted by Crippen LogP contribution is -2.19. The van der Waals surface area contributed by atoms with Crippen molar-refractivity contribution < 1.29 is 5.11 Å². The maximum Gasteiger partial charge on any atom is 0.0701 e. The van der Waals surface area contributed by atoms with Gasteiger partial charge in [0.25, 0.3) is 0 Å². The van der Waals surface area contributed by atoms with Gasteiger partial charge >= 0.3 is 0 Å². The van der Waals surface area contributed by atoms with Crippen LogP contribution in [0.1, 0.15) is 30.6 Å². The van der Waals surface area contributed by atoms with Crippen LogP contribution < -0.4 is 0 Å². The van der Waals surface area contributed by atoms with E-state index in [-0.39, 0.29) is 6.10 Å². The van der Waals surface area contributed by atoms with Gasteiger partial charge in [0, 0.05) is 4.88 Å². The highest BCUT2D eigenvalue weighted by Gasteiger charge is 2.19. The van der Waals surface area contributed by atoms with E-state index in [0.717, 1.165) is 18.8 Å². The molecule has 1 nitrogen and oxygen atoms in total. The van der Waals surface area contributed by atoms with Crippen molar-refractivity contribution in [1.29, 1.82) is 0 Å². The van der Waals surface area contributed by atoms with E-state index in [9.17, 15) is 5.11 Å². The van der Waals surface area contributed by atoms with Gasteiger partial charge in [-0.05, 0) is 66.1 Å². The molecule has 1 aromatic rings. The van der Waals surface area contributed by atoms with Crippen molar-refractivity contribution in [2.75, 3.05) is 0 Å². The maximum absolute atomic E-state index is 9.39. The molecule has 1 aromatic heterocycles. The minimum atomic E-state index is -0.0266. The second kappa shape index (κ2) is 4.77. The van der Waals surface area contributed by atoms with Gasteiger partial charge in [0.05, 0.1) is 9.89 Å². The fourth-order valence-corrected chi connectivity index (χ4v) is 3.69. The summed E-state index contributed by atoms with van der Waals surface area (Å²) in [6.45, 7) is 0. The van der Waals surface area contributed by atoms with E-state index in [2.05, 4.69) is 28.1 Å². The number of halogens is 1. The summed E-state index contributed by atoms with van der Waals surface area (Å²) in [4.78, 5) is 1.47. The molecule has 1 saturated carbocycles. The molecule has 0 aliphatic heterocycles. The van der Waals surface area contributed by atoms with Crippen molar-refractivity contribution >= 4 is 27.3 Å². The summed E-state index contributed by atoms with van der Waals surface area (Å²) >= 11 is 5.32. The van der Waals surface area contributed by atoms with Crippen LogP contribution in [0, 0.1) is 5.92 Å². The monoisotopic (exact) mass is 274 g/mol. The first-order valence-corrected chi connectivity index (χ1v) is 6.77. The fraction of sp³-hybridized carbons (Fsp3) is 0.636. The predicted molar refractivity (Wildman–Crippen MR) is 63.7 cm³/mol. The van der Waals surface area contributed by atoms with E-state index in [1.54, 1.807) is 0 Å². The lowest BCUT2D eigenvalue weighted by Gasteiger charge is -2.24. The van der Waals surface area contributed by atoms with Crippen LogP contribution in [0.25, 0.3) is 0 Å². The van der Waals surface area contributed by atoms with E-state index < -0.39 is 0 Å². The van der Waals surface area contributed by atoms with Crippen LogP contribution in [-0.4, -0.2) is 11.2 Å². The topological polar surface area (TPSA) is 20.2 Å². The van der Waals surface area contributed by atoms with Crippen molar-refractivity contribution in [2.24, 2.45) is 5.92 Å². The Morgan fingerprint density at radius 3 is 2.57 bits per heavy atom. The second-order valence-corrected chi connectivity index (χ2v) is 6.63. The highest BCUT2D eigenvalue weighted by Crippen LogP contribution is 2.30. The van der Waals surface area contributed by atoms with Crippen LogP contribution >= 0.6 is 27.3 Å². The summed E-state index contributed by atoms with van der Waals surface area (Å²) in [5.74, 6) is 0.795. The Morgan fingerprint density at radius 1 is 1.29 bits per heavy atom. The maximum atomic E-state index is 9.39. The smallest absolute Gasteiger partial charge is 0.0701 e. The van der Waals surface area contributed by atoms with E-state index >= 15 is 0 Å². The molecule has 1 fully saturated rings. The molecule has 0 spiro atoms. The summed E-state index contributed by atoms with van der Waals surface area (Å²) < 4.78 is 1.23. The largest absolute Gasteiger partial charge is 0.393 e. The van der Waals surface area contributed by atoms with Crippen molar-refractivity contribution in [3.8, 4) is 0 Å². The molecule has 14 heavy (non-hydrogen) atoms. The molecule has 0 atom stereocenters. The third-order valence-electron chi connectivity index (χ3n) is 2.93. The molecule has 0 amide bonds. The minimum Gasteiger partial charge on any atom is -0.393 e. The van der Waals surface area contributed by atoms with Crippen molar-refractivity contribution in [1.82, 2.24) is 0 Å². The molecule has 3 heteroatoms. The normalized spacial score (nSPS) is 27.9. The first-order chi connectivity index (χ1) is 6.74. The van der Waals surface area contributed by atoms with Gasteiger partial charge in [-0.15, -0.1) is 11.3 Å². The Hall–Kier alpha value is 0.140. The third kappa shape index (κ3) is 2.81. The average Bonchev–Trinajstić information content (AvgIpc) is 2.56. The van der Waals surface area contributed by atoms with Gasteiger partial charge in [-0.2, -0.15) is 0 Å². The van der Waals surface area contributed by atoms with E-state index in [1.165, 1.54) is 27.9 Å². The van der Waals surface area contributed by atoms with Crippen LogP contribution in [-0.2, 0) is 6.42 Å². The second-order valence-electron chi connectivity index (χ2n) is 4.08. The lowest BCUT2D eigenvalue weighted by molar-refractivity contribution is 0.109. The summed E-state index contributed by atoms with van der Waals surface area (Å²) in [7, 11) is 0. The first kappa shape index (κ1) is 10.7. The molecule has 0 aromatic carbocycles. The molecule has 0 radical (unpaired) electrons. The quantitative estimate of drug-likeness (QED) is 0.874. The molecular weight excluding hydrogens is 260 g/mol. The van der Waals surface area contributed by atoms with Crippen molar-refractivity contribution in [3.05, 3.63) is 20.8 Å². The van der Waals surface area contributed by atoms with Crippen LogP contribution in [0.2, 0.25) is 0 Å². The van der Waals surface area contributed by atoms with Gasteiger partial charge in [-0.25, -0.2) is 0 Å². The first-order valence-electron chi connectivity index (χ1n) is 5.16. The lowest BCUT2D eigenvalue weighted by atomic mass is 9.85. The number of thiophene rings is 1. The molecule has 2 rings (SSSR count). The average molecular weight is 275 g/mol. The van der Waals surface area contributed by atoms with E-state index in [1.807, 2.05) is 11.3 Å². The predicted octanol–water partition coefficient (Wildman–Crippen LogP) is 3.60. The molecular formula is C11H15BrOS.